The van der Waals surface area contributed by atoms with Crippen LogP contribution in [0.25, 0.3) is 0 Å². The normalized spacial score (nSPS) is 34.5. The summed E-state index contributed by atoms with van der Waals surface area (Å²) in [5.74, 6) is 0.581. The fourth-order valence-electron chi connectivity index (χ4n) is 1.87. The van der Waals surface area contributed by atoms with Gasteiger partial charge in [0.25, 0.3) is 0 Å². The average molecular weight is 204 g/mol. The highest BCUT2D eigenvalue weighted by atomic mass is 32.2. The van der Waals surface area contributed by atoms with E-state index in [9.17, 15) is 9.90 Å². The van der Waals surface area contributed by atoms with Crippen molar-refractivity contribution in [1.82, 2.24) is 0 Å². The lowest BCUT2D eigenvalue weighted by Crippen LogP contribution is -2.46. The molecule has 13 heavy (non-hydrogen) atoms. The molecule has 2 N–H and O–H groups in total. The van der Waals surface area contributed by atoms with E-state index in [1.807, 2.05) is 6.92 Å². The number of carboxylic acid groups (broad SMARTS) is 1. The molecule has 0 aromatic carbocycles. The van der Waals surface area contributed by atoms with Crippen molar-refractivity contribution in [2.24, 2.45) is 5.41 Å². The highest BCUT2D eigenvalue weighted by Gasteiger charge is 2.46. The van der Waals surface area contributed by atoms with Gasteiger partial charge in [-0.15, -0.1) is 0 Å². The van der Waals surface area contributed by atoms with E-state index in [0.717, 1.165) is 12.2 Å². The van der Waals surface area contributed by atoms with Gasteiger partial charge in [0.2, 0.25) is 0 Å². The van der Waals surface area contributed by atoms with Gasteiger partial charge in [0.15, 0.2) is 0 Å². The summed E-state index contributed by atoms with van der Waals surface area (Å²) in [7, 11) is 0. The van der Waals surface area contributed by atoms with Gasteiger partial charge in [-0.25, -0.2) is 0 Å². The van der Waals surface area contributed by atoms with Gasteiger partial charge in [0.05, 0.1) is 11.5 Å². The van der Waals surface area contributed by atoms with Crippen LogP contribution >= 0.6 is 11.8 Å². The molecule has 1 aliphatic heterocycles. The SMILES string of the molecule is CCCC1(C(=O)O)CCSCC1O. The maximum absolute atomic E-state index is 11.1. The predicted octanol–water partition coefficient (Wildman–Crippen LogP) is 1.36. The maximum Gasteiger partial charge on any atom is 0.312 e. The van der Waals surface area contributed by atoms with Gasteiger partial charge in [-0.05, 0) is 18.6 Å². The van der Waals surface area contributed by atoms with Crippen LogP contribution in [0.3, 0.4) is 0 Å². The Kier molecular flexibility index (Phi) is 3.62. The molecule has 0 amide bonds. The van der Waals surface area contributed by atoms with Gasteiger partial charge in [0, 0.05) is 5.75 Å². The number of rotatable bonds is 3. The largest absolute Gasteiger partial charge is 0.481 e. The monoisotopic (exact) mass is 204 g/mol. The number of hydrogen-bond acceptors (Lipinski definition) is 3. The third kappa shape index (κ3) is 1.99. The van der Waals surface area contributed by atoms with Crippen molar-refractivity contribution in [3.63, 3.8) is 0 Å². The Hall–Kier alpha value is -0.220. The van der Waals surface area contributed by atoms with Crippen LogP contribution in [-0.4, -0.2) is 33.8 Å². The standard InChI is InChI=1S/C9H16O3S/c1-2-3-9(8(11)12)4-5-13-6-7(9)10/h7,10H,2-6H2,1H3,(H,11,12). The molecular weight excluding hydrogens is 188 g/mol. The summed E-state index contributed by atoms with van der Waals surface area (Å²) in [6, 6.07) is 0. The predicted molar refractivity (Wildman–Crippen MR) is 52.9 cm³/mol. The van der Waals surface area contributed by atoms with Crippen molar-refractivity contribution in [2.45, 2.75) is 32.3 Å². The molecule has 2 atom stereocenters. The molecule has 0 saturated carbocycles. The van der Waals surface area contributed by atoms with E-state index in [-0.39, 0.29) is 0 Å². The molecule has 0 bridgehead atoms. The van der Waals surface area contributed by atoms with E-state index in [1.54, 1.807) is 11.8 Å². The summed E-state index contributed by atoms with van der Waals surface area (Å²) in [5.41, 5.74) is -0.861. The molecule has 0 spiro atoms. The molecule has 3 nitrogen and oxygen atoms in total. The van der Waals surface area contributed by atoms with E-state index >= 15 is 0 Å². The lowest BCUT2D eigenvalue weighted by Gasteiger charge is -2.37. The molecule has 1 aliphatic rings. The fourth-order valence-corrected chi connectivity index (χ4v) is 3.09. The number of aliphatic hydroxyl groups is 1. The zero-order chi connectivity index (χ0) is 9.90. The highest BCUT2D eigenvalue weighted by molar-refractivity contribution is 7.99. The van der Waals surface area contributed by atoms with Crippen molar-refractivity contribution in [3.05, 3.63) is 0 Å². The van der Waals surface area contributed by atoms with E-state index in [4.69, 9.17) is 5.11 Å². The summed E-state index contributed by atoms with van der Waals surface area (Å²) in [6.07, 6.45) is 1.32. The van der Waals surface area contributed by atoms with Gasteiger partial charge >= 0.3 is 5.97 Å². The van der Waals surface area contributed by atoms with Crippen molar-refractivity contribution in [1.29, 1.82) is 0 Å². The lowest BCUT2D eigenvalue weighted by atomic mass is 9.76. The Bertz CT molecular complexity index is 191. The third-order valence-corrected chi connectivity index (χ3v) is 3.77. The summed E-state index contributed by atoms with van der Waals surface area (Å²) in [5, 5.41) is 18.8. The maximum atomic E-state index is 11.1. The Morgan fingerprint density at radius 1 is 1.69 bits per heavy atom. The van der Waals surface area contributed by atoms with Crippen LogP contribution in [0, 0.1) is 5.41 Å². The zero-order valence-corrected chi connectivity index (χ0v) is 8.64. The first kappa shape index (κ1) is 10.9. The van der Waals surface area contributed by atoms with Crippen molar-refractivity contribution >= 4 is 17.7 Å². The molecule has 1 heterocycles. The lowest BCUT2D eigenvalue weighted by molar-refractivity contribution is -0.157. The number of thioether (sulfide) groups is 1. The van der Waals surface area contributed by atoms with Crippen LogP contribution in [0.1, 0.15) is 26.2 Å². The Morgan fingerprint density at radius 2 is 2.38 bits per heavy atom. The Balaban J connectivity index is 2.79. The van der Waals surface area contributed by atoms with E-state index in [0.29, 0.717) is 18.6 Å². The second-order valence-electron chi connectivity index (χ2n) is 3.55. The molecule has 1 rings (SSSR count). The van der Waals surface area contributed by atoms with Crippen LogP contribution in [0.2, 0.25) is 0 Å². The van der Waals surface area contributed by atoms with E-state index in [2.05, 4.69) is 0 Å². The molecule has 1 fully saturated rings. The molecule has 0 aromatic heterocycles. The number of aliphatic hydroxyl groups excluding tert-OH is 1. The van der Waals surface area contributed by atoms with Crippen molar-refractivity contribution < 1.29 is 15.0 Å². The van der Waals surface area contributed by atoms with E-state index < -0.39 is 17.5 Å². The van der Waals surface area contributed by atoms with Crippen LogP contribution in [0.4, 0.5) is 0 Å². The Morgan fingerprint density at radius 3 is 2.85 bits per heavy atom. The minimum absolute atomic E-state index is 0.562. The molecular formula is C9H16O3S. The molecule has 0 radical (unpaired) electrons. The summed E-state index contributed by atoms with van der Waals surface area (Å²) >= 11 is 1.64. The van der Waals surface area contributed by atoms with Gasteiger partial charge in [-0.1, -0.05) is 13.3 Å². The smallest absolute Gasteiger partial charge is 0.312 e. The number of carbonyl (C=O) groups is 1. The molecule has 1 saturated heterocycles. The van der Waals surface area contributed by atoms with Crippen LogP contribution in [-0.2, 0) is 4.79 Å². The first-order valence-electron chi connectivity index (χ1n) is 4.62. The van der Waals surface area contributed by atoms with Gasteiger partial charge in [-0.3, -0.25) is 4.79 Å². The van der Waals surface area contributed by atoms with Gasteiger partial charge < -0.3 is 10.2 Å². The third-order valence-electron chi connectivity index (χ3n) is 2.73. The number of hydrogen-bond donors (Lipinski definition) is 2. The van der Waals surface area contributed by atoms with E-state index in [1.165, 1.54) is 0 Å². The molecule has 76 valence electrons. The van der Waals surface area contributed by atoms with Crippen LogP contribution < -0.4 is 0 Å². The minimum atomic E-state index is -0.861. The van der Waals surface area contributed by atoms with Gasteiger partial charge in [0.1, 0.15) is 0 Å². The van der Waals surface area contributed by atoms with Crippen molar-refractivity contribution in [3.8, 4) is 0 Å². The summed E-state index contributed by atoms with van der Waals surface area (Å²) in [6.45, 7) is 1.96. The minimum Gasteiger partial charge on any atom is -0.481 e. The summed E-state index contributed by atoms with van der Waals surface area (Å²) in [4.78, 5) is 11.1. The quantitative estimate of drug-likeness (QED) is 0.728. The second-order valence-corrected chi connectivity index (χ2v) is 4.70. The second kappa shape index (κ2) is 4.33. The number of carboxylic acids is 1. The van der Waals surface area contributed by atoms with Crippen LogP contribution in [0.15, 0.2) is 0 Å². The van der Waals surface area contributed by atoms with Gasteiger partial charge in [-0.2, -0.15) is 11.8 Å². The first-order chi connectivity index (χ1) is 6.13. The van der Waals surface area contributed by atoms with Crippen molar-refractivity contribution in [2.75, 3.05) is 11.5 Å². The first-order valence-corrected chi connectivity index (χ1v) is 5.78. The summed E-state index contributed by atoms with van der Waals surface area (Å²) < 4.78 is 0. The Labute approximate surface area is 82.5 Å². The fraction of sp³-hybridized carbons (Fsp3) is 0.889. The molecule has 0 aromatic rings. The highest BCUT2D eigenvalue weighted by Crippen LogP contribution is 2.39. The molecule has 0 aliphatic carbocycles. The molecule has 4 heteroatoms. The average Bonchev–Trinajstić information content (AvgIpc) is 2.09. The van der Waals surface area contributed by atoms with Crippen LogP contribution in [0.5, 0.6) is 0 Å². The number of aliphatic carboxylic acids is 1. The molecule has 2 unspecified atom stereocenters. The zero-order valence-electron chi connectivity index (χ0n) is 7.82. The topological polar surface area (TPSA) is 57.5 Å².